The van der Waals surface area contributed by atoms with Crippen LogP contribution >= 0.6 is 0 Å². The second kappa shape index (κ2) is 8.10. The molecule has 13 nitrogen and oxygen atoms in total. The van der Waals surface area contributed by atoms with Crippen molar-refractivity contribution in [3.8, 4) is 17.6 Å². The van der Waals surface area contributed by atoms with Gasteiger partial charge in [0.1, 0.15) is 11.6 Å². The molecule has 13 heteroatoms. The number of nitrogens with zero attached hydrogens (tertiary/aromatic N) is 10. The lowest BCUT2D eigenvalue weighted by atomic mass is 10.1. The molecule has 3 N–H and O–H groups in total. The number of aryl methyl sites for hydroxylation is 1. The van der Waals surface area contributed by atoms with E-state index in [4.69, 9.17) is 11.0 Å². The summed E-state index contributed by atoms with van der Waals surface area (Å²) in [7, 11) is 0. The number of amides is 1. The molecule has 0 bridgehead atoms. The number of fused-ring (bicyclic) bond motifs is 1. The van der Waals surface area contributed by atoms with Crippen LogP contribution in [-0.2, 0) is 11.2 Å². The van der Waals surface area contributed by atoms with Crippen molar-refractivity contribution >= 4 is 23.1 Å². The van der Waals surface area contributed by atoms with Crippen LogP contribution in [0.3, 0.4) is 0 Å². The second-order valence-electron chi connectivity index (χ2n) is 7.53. The Morgan fingerprint density at radius 2 is 1.97 bits per heavy atom. The summed E-state index contributed by atoms with van der Waals surface area (Å²) >= 11 is 0. The van der Waals surface area contributed by atoms with Gasteiger partial charge in [0.15, 0.2) is 17.3 Å². The van der Waals surface area contributed by atoms with Gasteiger partial charge in [0.25, 0.3) is 0 Å². The maximum atomic E-state index is 12.8. The van der Waals surface area contributed by atoms with Gasteiger partial charge in [0.05, 0.1) is 36.4 Å². The number of tetrazole rings is 1. The Balaban J connectivity index is 1.33. The number of rotatable bonds is 5. The summed E-state index contributed by atoms with van der Waals surface area (Å²) in [6, 6.07) is 9.05. The lowest BCUT2D eigenvalue weighted by molar-refractivity contribution is -0.115. The number of nitrogens with two attached hydrogens (primary N) is 1. The molecular formula is C21H18N12O. The van der Waals surface area contributed by atoms with Crippen LogP contribution in [0.15, 0.2) is 42.9 Å². The van der Waals surface area contributed by atoms with E-state index in [1.165, 1.54) is 9.20 Å². The highest BCUT2D eigenvalue weighted by molar-refractivity contribution is 5.92. The third kappa shape index (κ3) is 3.58. The van der Waals surface area contributed by atoms with Gasteiger partial charge in [0.2, 0.25) is 5.91 Å². The summed E-state index contributed by atoms with van der Waals surface area (Å²) < 4.78 is 4.72. The molecule has 0 unspecified atom stereocenters. The van der Waals surface area contributed by atoms with E-state index in [1.54, 1.807) is 47.5 Å². The third-order valence-electron chi connectivity index (χ3n) is 5.37. The first-order valence-electron chi connectivity index (χ1n) is 10.2. The van der Waals surface area contributed by atoms with Crippen LogP contribution in [0.4, 0.5) is 11.5 Å². The standard InChI is InChI=1S/C21H18N12O/c1-12-17(13(2)32(27-12)20-10-24-9-18-26-29-30-33(18)20)7-19(34)25-15-3-5-16(6-4-15)31-11-14(8-22)21(23)28-31/h3-6,9-11H,7H2,1-2H3,(H2,23,28)(H,25,34). The van der Waals surface area contributed by atoms with Crippen LogP contribution < -0.4 is 11.1 Å². The minimum absolute atomic E-state index is 0.139. The fourth-order valence-corrected chi connectivity index (χ4v) is 3.63. The van der Waals surface area contributed by atoms with E-state index in [9.17, 15) is 4.79 Å². The number of carbonyl (C=O) groups excluding carboxylic acids is 1. The van der Waals surface area contributed by atoms with Crippen molar-refractivity contribution in [2.45, 2.75) is 20.3 Å². The Morgan fingerprint density at radius 1 is 1.18 bits per heavy atom. The number of anilines is 2. The number of benzene rings is 1. The summed E-state index contributed by atoms with van der Waals surface area (Å²) in [5, 5.41) is 32.2. The zero-order chi connectivity index (χ0) is 23.8. The Kier molecular flexibility index (Phi) is 4.94. The second-order valence-corrected chi connectivity index (χ2v) is 7.53. The number of nitrogen functional groups attached to an aromatic ring is 1. The Bertz CT molecular complexity index is 1570. The molecule has 0 aliphatic heterocycles. The Hall–Kier alpha value is -5.12. The fraction of sp³-hybridized carbons (Fsp3) is 0.143. The number of nitrogens with one attached hydrogen (secondary N) is 1. The minimum Gasteiger partial charge on any atom is -0.381 e. The summed E-state index contributed by atoms with van der Waals surface area (Å²) in [4.78, 5) is 16.9. The largest absolute Gasteiger partial charge is 0.381 e. The van der Waals surface area contributed by atoms with Crippen molar-refractivity contribution in [1.82, 2.24) is 44.6 Å². The molecule has 34 heavy (non-hydrogen) atoms. The number of nitriles is 1. The molecule has 5 rings (SSSR count). The van der Waals surface area contributed by atoms with Crippen molar-refractivity contribution < 1.29 is 4.79 Å². The van der Waals surface area contributed by atoms with E-state index in [2.05, 4.69) is 36.0 Å². The van der Waals surface area contributed by atoms with Gasteiger partial charge >= 0.3 is 0 Å². The normalized spacial score (nSPS) is 11.0. The number of hydrogen-bond donors (Lipinski definition) is 2. The van der Waals surface area contributed by atoms with Crippen LogP contribution in [0.5, 0.6) is 0 Å². The third-order valence-corrected chi connectivity index (χ3v) is 5.37. The van der Waals surface area contributed by atoms with Crippen LogP contribution in [0.2, 0.25) is 0 Å². The molecule has 0 saturated carbocycles. The molecule has 0 atom stereocenters. The molecule has 4 aromatic heterocycles. The lowest BCUT2D eigenvalue weighted by Gasteiger charge is -2.08. The molecule has 1 amide bonds. The summed E-state index contributed by atoms with van der Waals surface area (Å²) in [5.41, 5.74) is 10.2. The van der Waals surface area contributed by atoms with Crippen LogP contribution in [0, 0.1) is 25.2 Å². The zero-order valence-corrected chi connectivity index (χ0v) is 18.2. The summed E-state index contributed by atoms with van der Waals surface area (Å²) in [6.07, 6.45) is 4.86. The average Bonchev–Trinajstić information content (AvgIpc) is 3.53. The van der Waals surface area contributed by atoms with Gasteiger partial charge in [0, 0.05) is 16.9 Å². The Morgan fingerprint density at radius 3 is 2.71 bits per heavy atom. The molecule has 5 aromatic rings. The van der Waals surface area contributed by atoms with E-state index < -0.39 is 0 Å². The average molecular weight is 454 g/mol. The smallest absolute Gasteiger partial charge is 0.228 e. The summed E-state index contributed by atoms with van der Waals surface area (Å²) in [6.45, 7) is 3.73. The minimum atomic E-state index is -0.188. The highest BCUT2D eigenvalue weighted by atomic mass is 16.1. The van der Waals surface area contributed by atoms with E-state index >= 15 is 0 Å². The molecule has 0 aliphatic carbocycles. The van der Waals surface area contributed by atoms with Gasteiger partial charge in [-0.05, 0) is 48.5 Å². The van der Waals surface area contributed by atoms with Gasteiger partial charge < -0.3 is 11.1 Å². The predicted molar refractivity (Wildman–Crippen MR) is 120 cm³/mol. The maximum Gasteiger partial charge on any atom is 0.228 e. The van der Waals surface area contributed by atoms with E-state index in [0.29, 0.717) is 28.4 Å². The van der Waals surface area contributed by atoms with Gasteiger partial charge in [-0.3, -0.25) is 9.78 Å². The molecule has 0 fully saturated rings. The molecule has 0 saturated heterocycles. The van der Waals surface area contributed by atoms with E-state index in [0.717, 1.165) is 17.0 Å². The van der Waals surface area contributed by atoms with Gasteiger partial charge in [-0.1, -0.05) is 0 Å². The fourth-order valence-electron chi connectivity index (χ4n) is 3.63. The molecule has 1 aromatic carbocycles. The van der Waals surface area contributed by atoms with Gasteiger partial charge in [-0.2, -0.15) is 14.9 Å². The first kappa shape index (κ1) is 20.8. The van der Waals surface area contributed by atoms with Crippen molar-refractivity contribution in [3.63, 3.8) is 0 Å². The van der Waals surface area contributed by atoms with Crippen molar-refractivity contribution in [1.29, 1.82) is 5.26 Å². The van der Waals surface area contributed by atoms with E-state index in [-0.39, 0.29) is 18.1 Å². The molecule has 0 aliphatic rings. The van der Waals surface area contributed by atoms with Gasteiger partial charge in [-0.15, -0.1) is 10.2 Å². The highest BCUT2D eigenvalue weighted by Crippen LogP contribution is 2.20. The monoisotopic (exact) mass is 454 g/mol. The van der Waals surface area contributed by atoms with E-state index in [1.807, 2.05) is 19.9 Å². The highest BCUT2D eigenvalue weighted by Gasteiger charge is 2.18. The maximum absolute atomic E-state index is 12.8. The molecular weight excluding hydrogens is 436 g/mol. The van der Waals surface area contributed by atoms with Crippen LogP contribution in [-0.4, -0.2) is 50.5 Å². The molecule has 4 heterocycles. The molecule has 168 valence electrons. The Labute approximate surface area is 192 Å². The number of carbonyl (C=O) groups is 1. The molecule has 0 spiro atoms. The molecule has 0 radical (unpaired) electrons. The first-order chi connectivity index (χ1) is 16.4. The zero-order valence-electron chi connectivity index (χ0n) is 18.2. The number of aromatic nitrogens is 9. The van der Waals surface area contributed by atoms with Gasteiger partial charge in [-0.25, -0.2) is 9.36 Å². The van der Waals surface area contributed by atoms with Crippen molar-refractivity contribution in [3.05, 3.63) is 65.4 Å². The van der Waals surface area contributed by atoms with Crippen LogP contribution in [0.25, 0.3) is 17.2 Å². The van der Waals surface area contributed by atoms with Crippen molar-refractivity contribution in [2.24, 2.45) is 0 Å². The summed E-state index contributed by atoms with van der Waals surface area (Å²) in [5.74, 6) is 0.551. The van der Waals surface area contributed by atoms with Crippen LogP contribution in [0.1, 0.15) is 22.5 Å². The number of hydrogen-bond acceptors (Lipinski definition) is 9. The van der Waals surface area contributed by atoms with Crippen molar-refractivity contribution in [2.75, 3.05) is 11.1 Å². The first-order valence-corrected chi connectivity index (χ1v) is 10.2. The predicted octanol–water partition coefficient (Wildman–Crippen LogP) is 1.14. The topological polar surface area (TPSA) is 171 Å². The SMILES string of the molecule is Cc1nn(-c2cncc3nnnn23)c(C)c1CC(=O)Nc1ccc(-n2cc(C#N)c(N)n2)cc1. The quantitative estimate of drug-likeness (QED) is 0.395. The lowest BCUT2D eigenvalue weighted by Crippen LogP contribution is -2.15.